The fraction of sp³-hybridized carbons (Fsp3) is 0.227. The monoisotopic (exact) mass is 390 g/mol. The van der Waals surface area contributed by atoms with E-state index in [2.05, 4.69) is 21.4 Å². The van der Waals surface area contributed by atoms with Crippen molar-refractivity contribution >= 4 is 23.2 Å². The number of carbonyl (C=O) groups excluding carboxylic acids is 1. The smallest absolute Gasteiger partial charge is 0.277 e. The molecule has 1 unspecified atom stereocenters. The maximum absolute atomic E-state index is 13.2. The first-order chi connectivity index (χ1) is 14.1. The summed E-state index contributed by atoms with van der Waals surface area (Å²) >= 11 is 0. The fourth-order valence-electron chi connectivity index (χ4n) is 3.58. The summed E-state index contributed by atoms with van der Waals surface area (Å²) in [6.07, 6.45) is 2.42. The number of fused-ring (bicyclic) bond motifs is 1. The summed E-state index contributed by atoms with van der Waals surface area (Å²) < 4.78 is 10.6. The molecule has 1 atom stereocenters. The molecule has 2 aromatic carbocycles. The number of rotatable bonds is 5. The number of nitrogens with zero attached hydrogens (tertiary/aromatic N) is 3. The fourth-order valence-corrected chi connectivity index (χ4v) is 3.58. The predicted octanol–water partition coefficient (Wildman–Crippen LogP) is 3.83. The van der Waals surface area contributed by atoms with Gasteiger partial charge in [0, 0.05) is 29.7 Å². The number of nitrogens with one attached hydrogen (secondary N) is 1. The van der Waals surface area contributed by atoms with E-state index in [0.29, 0.717) is 23.1 Å². The van der Waals surface area contributed by atoms with Crippen LogP contribution in [0.5, 0.6) is 11.5 Å². The molecule has 1 aliphatic rings. The van der Waals surface area contributed by atoms with Crippen LogP contribution in [0.1, 0.15) is 23.0 Å². The summed E-state index contributed by atoms with van der Waals surface area (Å²) in [6, 6.07) is 15.1. The van der Waals surface area contributed by atoms with Gasteiger partial charge in [0.25, 0.3) is 5.91 Å². The highest BCUT2D eigenvalue weighted by atomic mass is 16.5. The molecule has 0 radical (unpaired) electrons. The van der Waals surface area contributed by atoms with Gasteiger partial charge in [0.15, 0.2) is 11.5 Å². The standard InChI is InChI=1S/C22H22N4O3/c1-14-12-15-6-4-5-7-18(15)26(14)21(27)17-10-11-23-22(25-17)24-16-8-9-19(28-2)20(13-16)29-3/h4-11,13-14H,12H2,1-3H3,(H,23,24,25). The van der Waals surface area contributed by atoms with Crippen LogP contribution in [0.4, 0.5) is 17.3 Å². The van der Waals surface area contributed by atoms with Crippen LogP contribution in [0.2, 0.25) is 0 Å². The quantitative estimate of drug-likeness (QED) is 0.714. The molecule has 4 rings (SSSR count). The summed E-state index contributed by atoms with van der Waals surface area (Å²) in [6.45, 7) is 2.04. The highest BCUT2D eigenvalue weighted by Gasteiger charge is 2.32. The third-order valence-corrected chi connectivity index (χ3v) is 4.94. The Labute approximate surface area is 169 Å². The third kappa shape index (κ3) is 3.59. The number of carbonyl (C=O) groups is 1. The van der Waals surface area contributed by atoms with Crippen molar-refractivity contribution in [2.24, 2.45) is 0 Å². The number of aromatic nitrogens is 2. The average Bonchev–Trinajstić information content (AvgIpc) is 3.09. The molecule has 0 aliphatic carbocycles. The van der Waals surface area contributed by atoms with Crippen LogP contribution < -0.4 is 19.7 Å². The Morgan fingerprint density at radius 3 is 2.69 bits per heavy atom. The molecule has 1 N–H and O–H groups in total. The van der Waals surface area contributed by atoms with Crippen LogP contribution in [0, 0.1) is 0 Å². The Morgan fingerprint density at radius 2 is 1.90 bits per heavy atom. The van der Waals surface area contributed by atoms with Gasteiger partial charge in [0.2, 0.25) is 5.95 Å². The summed E-state index contributed by atoms with van der Waals surface area (Å²) in [7, 11) is 3.16. The molecule has 0 spiro atoms. The van der Waals surface area contributed by atoms with Gasteiger partial charge in [-0.1, -0.05) is 18.2 Å². The topological polar surface area (TPSA) is 76.6 Å². The first kappa shape index (κ1) is 18.7. The van der Waals surface area contributed by atoms with Crippen molar-refractivity contribution in [2.75, 3.05) is 24.4 Å². The molecule has 7 heteroatoms. The van der Waals surface area contributed by atoms with E-state index in [1.165, 1.54) is 5.56 Å². The first-order valence-corrected chi connectivity index (χ1v) is 9.34. The Hall–Kier alpha value is -3.61. The van der Waals surface area contributed by atoms with E-state index >= 15 is 0 Å². The zero-order chi connectivity index (χ0) is 20.4. The van der Waals surface area contributed by atoms with Crippen LogP contribution in [0.25, 0.3) is 0 Å². The van der Waals surface area contributed by atoms with E-state index in [1.807, 2.05) is 31.2 Å². The molecule has 29 heavy (non-hydrogen) atoms. The van der Waals surface area contributed by atoms with Gasteiger partial charge in [-0.05, 0) is 43.2 Å². The van der Waals surface area contributed by atoms with E-state index in [4.69, 9.17) is 9.47 Å². The van der Waals surface area contributed by atoms with Gasteiger partial charge in [0.05, 0.1) is 14.2 Å². The van der Waals surface area contributed by atoms with Crippen molar-refractivity contribution in [3.63, 3.8) is 0 Å². The van der Waals surface area contributed by atoms with E-state index < -0.39 is 0 Å². The number of hydrogen-bond donors (Lipinski definition) is 1. The van der Waals surface area contributed by atoms with E-state index in [1.54, 1.807) is 43.5 Å². The van der Waals surface area contributed by atoms with Gasteiger partial charge in [-0.15, -0.1) is 0 Å². The van der Waals surface area contributed by atoms with Crippen molar-refractivity contribution in [3.05, 3.63) is 66.0 Å². The SMILES string of the molecule is COc1ccc(Nc2nccc(C(=O)N3c4ccccc4CC3C)n2)cc1OC. The lowest BCUT2D eigenvalue weighted by Gasteiger charge is -2.22. The second kappa shape index (κ2) is 7.79. The molecule has 0 saturated heterocycles. The van der Waals surface area contributed by atoms with Crippen molar-refractivity contribution < 1.29 is 14.3 Å². The number of para-hydroxylation sites is 1. The number of amides is 1. The van der Waals surface area contributed by atoms with E-state index in [0.717, 1.165) is 17.8 Å². The Balaban J connectivity index is 1.59. The Morgan fingerprint density at radius 1 is 1.10 bits per heavy atom. The maximum atomic E-state index is 13.2. The van der Waals surface area contributed by atoms with Gasteiger partial charge in [-0.2, -0.15) is 0 Å². The second-order valence-corrected chi connectivity index (χ2v) is 6.82. The van der Waals surface area contributed by atoms with Crippen molar-refractivity contribution in [2.45, 2.75) is 19.4 Å². The normalized spacial score (nSPS) is 15.0. The molecular formula is C22H22N4O3. The van der Waals surface area contributed by atoms with Gasteiger partial charge in [-0.25, -0.2) is 9.97 Å². The maximum Gasteiger partial charge on any atom is 0.277 e. The summed E-state index contributed by atoms with van der Waals surface area (Å²) in [5.74, 6) is 1.42. The van der Waals surface area contributed by atoms with Gasteiger partial charge >= 0.3 is 0 Å². The van der Waals surface area contributed by atoms with E-state index in [9.17, 15) is 4.79 Å². The third-order valence-electron chi connectivity index (χ3n) is 4.94. The van der Waals surface area contributed by atoms with Crippen molar-refractivity contribution in [1.82, 2.24) is 9.97 Å². The molecule has 1 aliphatic heterocycles. The minimum absolute atomic E-state index is 0.0807. The van der Waals surface area contributed by atoms with Crippen molar-refractivity contribution in [1.29, 1.82) is 0 Å². The number of anilines is 3. The summed E-state index contributed by atoms with van der Waals surface area (Å²) in [4.78, 5) is 23.7. The summed E-state index contributed by atoms with van der Waals surface area (Å²) in [5, 5.41) is 3.12. The first-order valence-electron chi connectivity index (χ1n) is 9.34. The Kier molecular flexibility index (Phi) is 5.03. The predicted molar refractivity (Wildman–Crippen MR) is 111 cm³/mol. The number of hydrogen-bond acceptors (Lipinski definition) is 6. The summed E-state index contributed by atoms with van der Waals surface area (Å²) in [5.41, 5.74) is 3.18. The van der Waals surface area contributed by atoms with Crippen molar-refractivity contribution in [3.8, 4) is 11.5 Å². The zero-order valence-electron chi connectivity index (χ0n) is 16.5. The molecule has 3 aromatic rings. The molecule has 2 heterocycles. The van der Waals surface area contributed by atoms with Crippen LogP contribution in [-0.4, -0.2) is 36.1 Å². The highest BCUT2D eigenvalue weighted by molar-refractivity contribution is 6.06. The van der Waals surface area contributed by atoms with Crippen LogP contribution in [0.3, 0.4) is 0 Å². The largest absolute Gasteiger partial charge is 0.493 e. The molecule has 0 bridgehead atoms. The average molecular weight is 390 g/mol. The van der Waals surface area contributed by atoms with Crippen LogP contribution in [0.15, 0.2) is 54.7 Å². The second-order valence-electron chi connectivity index (χ2n) is 6.82. The molecule has 0 saturated carbocycles. The number of methoxy groups -OCH3 is 2. The zero-order valence-corrected chi connectivity index (χ0v) is 16.5. The van der Waals surface area contributed by atoms with Gasteiger partial charge in [-0.3, -0.25) is 4.79 Å². The van der Waals surface area contributed by atoms with E-state index in [-0.39, 0.29) is 11.9 Å². The van der Waals surface area contributed by atoms with Crippen LogP contribution >= 0.6 is 0 Å². The van der Waals surface area contributed by atoms with Gasteiger partial charge in [0.1, 0.15) is 5.69 Å². The molecule has 1 aromatic heterocycles. The lowest BCUT2D eigenvalue weighted by Crippen LogP contribution is -2.36. The molecule has 7 nitrogen and oxygen atoms in total. The molecular weight excluding hydrogens is 368 g/mol. The van der Waals surface area contributed by atoms with Crippen LogP contribution in [-0.2, 0) is 6.42 Å². The number of ether oxygens (including phenoxy) is 2. The molecule has 1 amide bonds. The molecule has 148 valence electrons. The highest BCUT2D eigenvalue weighted by Crippen LogP contribution is 2.33. The van der Waals surface area contributed by atoms with Gasteiger partial charge < -0.3 is 19.7 Å². The lowest BCUT2D eigenvalue weighted by atomic mass is 10.1. The Bertz CT molecular complexity index is 1050. The minimum atomic E-state index is -0.139. The number of benzene rings is 2. The minimum Gasteiger partial charge on any atom is -0.493 e. The molecule has 0 fully saturated rings. The lowest BCUT2D eigenvalue weighted by molar-refractivity contribution is 0.0976.